The van der Waals surface area contributed by atoms with Crippen molar-refractivity contribution >= 4 is 15.9 Å². The summed E-state index contributed by atoms with van der Waals surface area (Å²) in [4.78, 5) is 3.57. The first kappa shape index (κ1) is 13.4. The van der Waals surface area contributed by atoms with Crippen molar-refractivity contribution in [3.63, 3.8) is 0 Å². The lowest BCUT2D eigenvalue weighted by molar-refractivity contribution is 0.575. The van der Waals surface area contributed by atoms with Gasteiger partial charge in [0.2, 0.25) is 5.16 Å². The minimum Gasteiger partial charge on any atom is -0.244 e. The average Bonchev–Trinajstić information content (AvgIpc) is 2.42. The minimum absolute atomic E-state index is 0.139. The van der Waals surface area contributed by atoms with Crippen LogP contribution in [0.15, 0.2) is 58.8 Å². The molecule has 0 amide bonds. The molecule has 1 aromatic carbocycles. The van der Waals surface area contributed by atoms with E-state index in [0.717, 1.165) is 6.07 Å². The van der Waals surface area contributed by atoms with Gasteiger partial charge in [-0.25, -0.2) is 17.8 Å². The Morgan fingerprint density at radius 3 is 2.42 bits per heavy atom. The number of sulfone groups is 1. The summed E-state index contributed by atoms with van der Waals surface area (Å²) in [5.74, 6) is -0.700. The van der Waals surface area contributed by atoms with Gasteiger partial charge >= 0.3 is 0 Å². The summed E-state index contributed by atoms with van der Waals surface area (Å²) < 4.78 is 50.8. The number of pyridine rings is 1. The van der Waals surface area contributed by atoms with Gasteiger partial charge in [-0.2, -0.15) is 4.39 Å². The molecule has 0 spiro atoms. The van der Waals surface area contributed by atoms with Crippen molar-refractivity contribution < 1.29 is 17.2 Å². The third-order valence-electron chi connectivity index (χ3n) is 2.34. The second-order valence-corrected chi connectivity index (χ2v) is 5.46. The van der Waals surface area contributed by atoms with Crippen LogP contribution in [-0.2, 0) is 9.84 Å². The van der Waals surface area contributed by atoms with Crippen LogP contribution in [0.2, 0.25) is 0 Å². The van der Waals surface area contributed by atoms with Crippen molar-refractivity contribution in [2.24, 2.45) is 0 Å². The van der Waals surface area contributed by atoms with Gasteiger partial charge in [0.1, 0.15) is 5.82 Å². The van der Waals surface area contributed by atoms with Crippen LogP contribution in [-0.4, -0.2) is 13.4 Å². The molecular weight excluding hydrogens is 272 g/mol. The molecule has 0 saturated carbocycles. The molecule has 0 saturated heterocycles. The first-order chi connectivity index (χ1) is 9.01. The van der Waals surface area contributed by atoms with E-state index in [-0.39, 0.29) is 5.56 Å². The van der Waals surface area contributed by atoms with Crippen LogP contribution >= 0.6 is 0 Å². The van der Waals surface area contributed by atoms with Crippen molar-refractivity contribution in [2.45, 2.75) is 5.03 Å². The summed E-state index contributed by atoms with van der Waals surface area (Å²) in [5, 5.41) is -1.86. The molecule has 6 heteroatoms. The van der Waals surface area contributed by atoms with Crippen LogP contribution < -0.4 is 0 Å². The zero-order valence-corrected chi connectivity index (χ0v) is 10.4. The lowest BCUT2D eigenvalue weighted by Crippen LogP contribution is -2.03. The Labute approximate surface area is 109 Å². The minimum atomic E-state index is -4.34. The van der Waals surface area contributed by atoms with E-state index in [1.165, 1.54) is 42.6 Å². The summed E-state index contributed by atoms with van der Waals surface area (Å²) in [5.41, 5.74) is -0.139. The number of hydrogen-bond donors (Lipinski definition) is 0. The molecule has 0 aliphatic heterocycles. The summed E-state index contributed by atoms with van der Waals surface area (Å²) in [7, 11) is -4.34. The van der Waals surface area contributed by atoms with Crippen molar-refractivity contribution in [1.29, 1.82) is 0 Å². The van der Waals surface area contributed by atoms with Gasteiger partial charge < -0.3 is 0 Å². The Balaban J connectivity index is 2.45. The van der Waals surface area contributed by atoms with E-state index in [1.807, 2.05) is 0 Å². The molecule has 1 heterocycles. The number of nitrogens with zero attached hydrogens (tertiary/aromatic N) is 1. The molecule has 19 heavy (non-hydrogen) atoms. The van der Waals surface area contributed by atoms with E-state index in [4.69, 9.17) is 0 Å². The number of halogens is 2. The number of rotatable bonds is 3. The summed E-state index contributed by atoms with van der Waals surface area (Å²) in [6.45, 7) is 0. The smallest absolute Gasteiger partial charge is 0.244 e. The van der Waals surface area contributed by atoms with E-state index in [9.17, 15) is 17.2 Å². The van der Waals surface area contributed by atoms with E-state index in [1.54, 1.807) is 0 Å². The van der Waals surface area contributed by atoms with Crippen LogP contribution in [0.3, 0.4) is 0 Å². The van der Waals surface area contributed by atoms with E-state index in [0.29, 0.717) is 6.08 Å². The van der Waals surface area contributed by atoms with Gasteiger partial charge in [-0.3, -0.25) is 0 Å². The molecule has 0 bridgehead atoms. The highest BCUT2D eigenvalue weighted by molar-refractivity contribution is 7.95. The van der Waals surface area contributed by atoms with Crippen LogP contribution in [0.1, 0.15) is 5.56 Å². The summed E-state index contributed by atoms with van der Waals surface area (Å²) >= 11 is 0. The molecule has 0 unspecified atom stereocenters. The standard InChI is InChI=1S/C13H9F2NO2S/c14-11-6-2-1-5-10(11)9-12(15)19(17,18)13-7-3-4-8-16-13/h1-9H/b12-9+. The molecule has 0 N–H and O–H groups in total. The van der Waals surface area contributed by atoms with Crippen LogP contribution in [0.4, 0.5) is 8.78 Å². The normalized spacial score (nSPS) is 12.4. The maximum atomic E-state index is 13.8. The average molecular weight is 281 g/mol. The van der Waals surface area contributed by atoms with Crippen LogP contribution in [0.5, 0.6) is 0 Å². The first-order valence-corrected chi connectivity index (χ1v) is 6.78. The van der Waals surface area contributed by atoms with Gasteiger partial charge in [-0.15, -0.1) is 0 Å². The van der Waals surface area contributed by atoms with Crippen LogP contribution in [0, 0.1) is 5.82 Å². The first-order valence-electron chi connectivity index (χ1n) is 5.29. The summed E-state index contributed by atoms with van der Waals surface area (Å²) in [6.07, 6.45) is 1.88. The van der Waals surface area contributed by atoms with Gasteiger partial charge in [-0.1, -0.05) is 24.3 Å². The Morgan fingerprint density at radius 1 is 1.11 bits per heavy atom. The molecule has 2 rings (SSSR count). The van der Waals surface area contributed by atoms with E-state index < -0.39 is 25.8 Å². The molecule has 1 aromatic heterocycles. The van der Waals surface area contributed by atoms with Gasteiger partial charge in [0.15, 0.2) is 5.03 Å². The lowest BCUT2D eigenvalue weighted by atomic mass is 10.2. The third kappa shape index (κ3) is 2.85. The van der Waals surface area contributed by atoms with Crippen molar-refractivity contribution in [2.75, 3.05) is 0 Å². The highest BCUT2D eigenvalue weighted by atomic mass is 32.2. The second kappa shape index (κ2) is 5.27. The van der Waals surface area contributed by atoms with Gasteiger partial charge in [0.05, 0.1) is 0 Å². The largest absolute Gasteiger partial charge is 0.250 e. The predicted octanol–water partition coefficient (Wildman–Crippen LogP) is 2.96. The quantitative estimate of drug-likeness (QED) is 0.869. The molecule has 0 fully saturated rings. The fraction of sp³-hybridized carbons (Fsp3) is 0. The van der Waals surface area contributed by atoms with Crippen LogP contribution in [0.25, 0.3) is 6.08 Å². The predicted molar refractivity (Wildman–Crippen MR) is 66.9 cm³/mol. The zero-order chi connectivity index (χ0) is 13.9. The molecule has 2 aromatic rings. The zero-order valence-electron chi connectivity index (χ0n) is 9.62. The molecule has 0 aliphatic carbocycles. The highest BCUT2D eigenvalue weighted by Gasteiger charge is 2.22. The van der Waals surface area contributed by atoms with Crippen molar-refractivity contribution in [3.05, 3.63) is 65.2 Å². The van der Waals surface area contributed by atoms with E-state index in [2.05, 4.69) is 4.98 Å². The third-order valence-corrected chi connectivity index (χ3v) is 3.77. The topological polar surface area (TPSA) is 47.0 Å². The van der Waals surface area contributed by atoms with E-state index >= 15 is 0 Å². The van der Waals surface area contributed by atoms with Crippen molar-refractivity contribution in [3.8, 4) is 0 Å². The lowest BCUT2D eigenvalue weighted by Gasteiger charge is -2.01. The Bertz CT molecular complexity index is 712. The molecule has 0 atom stereocenters. The maximum Gasteiger partial charge on any atom is 0.250 e. The second-order valence-electron chi connectivity index (χ2n) is 3.64. The fourth-order valence-electron chi connectivity index (χ4n) is 1.40. The Kier molecular flexibility index (Phi) is 3.71. The maximum absolute atomic E-state index is 13.8. The van der Waals surface area contributed by atoms with Gasteiger partial charge in [0, 0.05) is 11.8 Å². The number of hydrogen-bond acceptors (Lipinski definition) is 3. The fourth-order valence-corrected chi connectivity index (χ4v) is 2.34. The van der Waals surface area contributed by atoms with Gasteiger partial charge in [0.25, 0.3) is 9.84 Å². The highest BCUT2D eigenvalue weighted by Crippen LogP contribution is 2.21. The molecule has 3 nitrogen and oxygen atoms in total. The number of benzene rings is 1. The molecular formula is C13H9F2NO2S. The Morgan fingerprint density at radius 2 is 1.79 bits per heavy atom. The number of aromatic nitrogens is 1. The monoisotopic (exact) mass is 281 g/mol. The summed E-state index contributed by atoms with van der Waals surface area (Å²) in [6, 6.07) is 9.42. The van der Waals surface area contributed by atoms with Gasteiger partial charge in [-0.05, 0) is 24.3 Å². The molecule has 0 aliphatic rings. The SMILES string of the molecule is O=S(=O)(/C(F)=C/c1ccccc1F)c1ccccn1. The molecule has 0 radical (unpaired) electrons. The Hall–Kier alpha value is -2.08. The van der Waals surface area contributed by atoms with Crippen molar-refractivity contribution in [1.82, 2.24) is 4.98 Å². The molecule has 98 valence electrons.